The summed E-state index contributed by atoms with van der Waals surface area (Å²) in [5, 5.41) is 3.75. The predicted molar refractivity (Wildman–Crippen MR) is 93.5 cm³/mol. The highest BCUT2D eigenvalue weighted by Crippen LogP contribution is 2.51. The number of nitrogens with one attached hydrogen (secondary N) is 1. The summed E-state index contributed by atoms with van der Waals surface area (Å²) in [6, 6.07) is 15.2. The number of fused-ring (bicyclic) bond motifs is 3. The first kappa shape index (κ1) is 13.9. The van der Waals surface area contributed by atoms with Crippen LogP contribution in [0.25, 0.3) is 0 Å². The zero-order valence-electron chi connectivity index (χ0n) is 12.4. The van der Waals surface area contributed by atoms with Gasteiger partial charge in [0.15, 0.2) is 0 Å². The van der Waals surface area contributed by atoms with Gasteiger partial charge in [-0.05, 0) is 47.7 Å². The van der Waals surface area contributed by atoms with Crippen molar-refractivity contribution in [3.05, 3.63) is 70.2 Å². The average molecular weight is 356 g/mol. The van der Waals surface area contributed by atoms with Gasteiger partial charge in [-0.2, -0.15) is 0 Å². The molecule has 22 heavy (non-hydrogen) atoms. The van der Waals surface area contributed by atoms with E-state index in [0.717, 1.165) is 12.2 Å². The Morgan fingerprint density at radius 1 is 1.14 bits per heavy atom. The Bertz CT molecular complexity index is 740. The van der Waals surface area contributed by atoms with Crippen LogP contribution >= 0.6 is 15.9 Å². The fourth-order valence-corrected chi connectivity index (χ4v) is 4.27. The van der Waals surface area contributed by atoms with Crippen LogP contribution in [-0.2, 0) is 0 Å². The van der Waals surface area contributed by atoms with Crippen LogP contribution in [0.5, 0.6) is 5.75 Å². The van der Waals surface area contributed by atoms with Gasteiger partial charge in [-0.15, -0.1) is 0 Å². The number of hydrogen-bond donors (Lipinski definition) is 1. The van der Waals surface area contributed by atoms with Crippen molar-refractivity contribution < 1.29 is 4.74 Å². The average Bonchev–Trinajstić information content (AvgIpc) is 3.04. The summed E-state index contributed by atoms with van der Waals surface area (Å²) in [5.41, 5.74) is 3.90. The van der Waals surface area contributed by atoms with Gasteiger partial charge in [-0.25, -0.2) is 0 Å². The number of allylic oxidation sites excluding steroid dienone is 2. The Kier molecular flexibility index (Phi) is 3.45. The van der Waals surface area contributed by atoms with Crippen LogP contribution in [0, 0.1) is 5.92 Å². The van der Waals surface area contributed by atoms with E-state index in [0.29, 0.717) is 17.9 Å². The van der Waals surface area contributed by atoms with Crippen molar-refractivity contribution in [3.63, 3.8) is 0 Å². The molecule has 0 unspecified atom stereocenters. The summed E-state index contributed by atoms with van der Waals surface area (Å²) in [6.07, 6.45) is 5.78. The first-order chi connectivity index (χ1) is 10.8. The smallest absolute Gasteiger partial charge is 0.119 e. The van der Waals surface area contributed by atoms with Crippen molar-refractivity contribution >= 4 is 21.6 Å². The number of methoxy groups -OCH3 is 1. The third-order valence-electron chi connectivity index (χ3n) is 4.81. The maximum Gasteiger partial charge on any atom is 0.119 e. The second-order valence-electron chi connectivity index (χ2n) is 5.95. The van der Waals surface area contributed by atoms with Gasteiger partial charge in [0.05, 0.1) is 13.2 Å². The van der Waals surface area contributed by atoms with Crippen LogP contribution in [-0.4, -0.2) is 7.11 Å². The molecule has 3 heteroatoms. The second kappa shape index (κ2) is 5.47. The third kappa shape index (κ3) is 2.15. The van der Waals surface area contributed by atoms with Crippen LogP contribution in [0.2, 0.25) is 0 Å². The maximum atomic E-state index is 5.40. The van der Waals surface area contributed by atoms with Crippen LogP contribution < -0.4 is 10.1 Å². The molecule has 2 aromatic rings. The molecule has 3 atom stereocenters. The van der Waals surface area contributed by atoms with E-state index >= 15 is 0 Å². The molecule has 0 radical (unpaired) electrons. The summed E-state index contributed by atoms with van der Waals surface area (Å²) in [5.74, 6) is 1.95. The quantitative estimate of drug-likeness (QED) is 0.739. The number of halogens is 1. The minimum atomic E-state index is 0.330. The van der Waals surface area contributed by atoms with Crippen LogP contribution in [0.4, 0.5) is 5.69 Å². The fourth-order valence-electron chi connectivity index (χ4n) is 3.73. The van der Waals surface area contributed by atoms with Gasteiger partial charge in [-0.1, -0.05) is 46.3 Å². The standard InChI is InChI=1S/C19H18BrNO/c1-22-12-9-10-18-16(11-12)13-6-4-7-14(13)19(21-18)15-5-2-3-8-17(15)20/h2-6,8-11,13-14,19,21H,7H2,1H3/t13-,14-,19+/m1/s1. The van der Waals surface area contributed by atoms with E-state index in [2.05, 4.69) is 69.8 Å². The van der Waals surface area contributed by atoms with E-state index in [1.165, 1.54) is 21.3 Å². The number of rotatable bonds is 2. The molecule has 1 aliphatic carbocycles. The van der Waals surface area contributed by atoms with Crippen molar-refractivity contribution in [1.29, 1.82) is 0 Å². The Balaban J connectivity index is 1.80. The SMILES string of the molecule is COc1ccc2c(c1)[C@@H]1C=CC[C@H]1[C@@H](c1ccccc1Br)N2. The van der Waals surface area contributed by atoms with Gasteiger partial charge < -0.3 is 10.1 Å². The van der Waals surface area contributed by atoms with Crippen molar-refractivity contribution in [2.75, 3.05) is 12.4 Å². The lowest BCUT2D eigenvalue weighted by molar-refractivity contribution is 0.405. The molecule has 1 heterocycles. The van der Waals surface area contributed by atoms with Gasteiger partial charge in [-0.3, -0.25) is 0 Å². The van der Waals surface area contributed by atoms with Crippen LogP contribution in [0.1, 0.15) is 29.5 Å². The maximum absolute atomic E-state index is 5.40. The molecule has 0 bridgehead atoms. The van der Waals surface area contributed by atoms with Crippen molar-refractivity contribution in [2.45, 2.75) is 18.4 Å². The van der Waals surface area contributed by atoms with Gasteiger partial charge >= 0.3 is 0 Å². The van der Waals surface area contributed by atoms with Gasteiger partial charge in [0, 0.05) is 16.1 Å². The van der Waals surface area contributed by atoms with E-state index in [9.17, 15) is 0 Å². The lowest BCUT2D eigenvalue weighted by atomic mass is 9.77. The van der Waals surface area contributed by atoms with Crippen LogP contribution in [0.3, 0.4) is 0 Å². The molecule has 2 aromatic carbocycles. The van der Waals surface area contributed by atoms with Crippen molar-refractivity contribution in [3.8, 4) is 5.75 Å². The molecule has 2 aliphatic rings. The molecule has 112 valence electrons. The summed E-state index contributed by atoms with van der Waals surface area (Å²) < 4.78 is 6.58. The monoisotopic (exact) mass is 355 g/mol. The number of hydrogen-bond acceptors (Lipinski definition) is 2. The highest BCUT2D eigenvalue weighted by molar-refractivity contribution is 9.10. The minimum Gasteiger partial charge on any atom is -0.497 e. The van der Waals surface area contributed by atoms with E-state index in [-0.39, 0.29) is 0 Å². The highest BCUT2D eigenvalue weighted by atomic mass is 79.9. The van der Waals surface area contributed by atoms with E-state index in [1.54, 1.807) is 7.11 Å². The molecule has 2 nitrogen and oxygen atoms in total. The summed E-state index contributed by atoms with van der Waals surface area (Å²) in [4.78, 5) is 0. The topological polar surface area (TPSA) is 21.3 Å². The minimum absolute atomic E-state index is 0.330. The molecule has 1 N–H and O–H groups in total. The molecule has 4 rings (SSSR count). The molecular weight excluding hydrogens is 338 g/mol. The Morgan fingerprint density at radius 3 is 2.82 bits per heavy atom. The Labute approximate surface area is 139 Å². The lowest BCUT2D eigenvalue weighted by Gasteiger charge is -2.38. The Morgan fingerprint density at radius 2 is 2.00 bits per heavy atom. The third-order valence-corrected chi connectivity index (χ3v) is 5.53. The second-order valence-corrected chi connectivity index (χ2v) is 6.80. The zero-order chi connectivity index (χ0) is 15.1. The molecule has 0 saturated heterocycles. The normalized spacial score (nSPS) is 25.3. The van der Waals surface area contributed by atoms with E-state index in [4.69, 9.17) is 4.74 Å². The zero-order valence-corrected chi connectivity index (χ0v) is 14.0. The first-order valence-electron chi connectivity index (χ1n) is 7.63. The Hall–Kier alpha value is -1.74. The molecule has 0 amide bonds. The molecule has 0 aromatic heterocycles. The summed E-state index contributed by atoms with van der Waals surface area (Å²) >= 11 is 3.71. The van der Waals surface area contributed by atoms with Gasteiger partial charge in [0.2, 0.25) is 0 Å². The first-order valence-corrected chi connectivity index (χ1v) is 8.43. The van der Waals surface area contributed by atoms with E-state index < -0.39 is 0 Å². The molecule has 0 saturated carbocycles. The number of anilines is 1. The highest BCUT2D eigenvalue weighted by Gasteiger charge is 2.38. The summed E-state index contributed by atoms with van der Waals surface area (Å²) in [7, 11) is 1.73. The largest absolute Gasteiger partial charge is 0.497 e. The predicted octanol–water partition coefficient (Wildman–Crippen LogP) is 5.28. The molecular formula is C19H18BrNO. The van der Waals surface area contributed by atoms with Gasteiger partial charge in [0.1, 0.15) is 5.75 Å². The van der Waals surface area contributed by atoms with Crippen LogP contribution in [0.15, 0.2) is 59.1 Å². The fraction of sp³-hybridized carbons (Fsp3) is 0.263. The number of benzene rings is 2. The van der Waals surface area contributed by atoms with Gasteiger partial charge in [0.25, 0.3) is 0 Å². The molecule has 1 aliphatic heterocycles. The number of ether oxygens (including phenoxy) is 1. The molecule has 0 spiro atoms. The lowest BCUT2D eigenvalue weighted by Crippen LogP contribution is -2.29. The van der Waals surface area contributed by atoms with Crippen molar-refractivity contribution in [2.24, 2.45) is 5.92 Å². The van der Waals surface area contributed by atoms with Crippen molar-refractivity contribution in [1.82, 2.24) is 0 Å². The summed E-state index contributed by atoms with van der Waals surface area (Å²) in [6.45, 7) is 0. The van der Waals surface area contributed by atoms with E-state index in [1.807, 2.05) is 6.07 Å². The molecule has 0 fully saturated rings.